The molecule has 0 amide bonds. The molecule has 2 atom stereocenters. The number of β-amino-alcohol motifs (C(OH)–C–C–N with tert-alkyl or cyclic N) is 1. The normalized spacial score (nSPS) is 21.8. The molecule has 1 aromatic carbocycles. The summed E-state index contributed by atoms with van der Waals surface area (Å²) in [4.78, 5) is 25.7. The molecule has 2 aliphatic rings. The second-order valence-corrected chi connectivity index (χ2v) is 7.95. The standard InChI is InChI=1S/C20H27ClN2O5/c1-12(24)3-2-6-23-7-4-13(17(25)10-23)11-28-20(26)15-9-16(21)18(22)14-5-8-27-19(14)15/h9,13,17,25H,2-8,10-11,22H2,1H3/t13-,17+/m0/s1. The minimum atomic E-state index is -0.573. The number of esters is 1. The zero-order chi connectivity index (χ0) is 20.3. The first-order chi connectivity index (χ1) is 13.4. The van der Waals surface area contributed by atoms with Gasteiger partial charge >= 0.3 is 5.97 Å². The molecule has 0 spiro atoms. The number of ketones is 1. The van der Waals surface area contributed by atoms with Crippen LogP contribution in [0.25, 0.3) is 0 Å². The first-order valence-electron chi connectivity index (χ1n) is 9.67. The first kappa shape index (κ1) is 20.9. The average molecular weight is 411 g/mol. The van der Waals surface area contributed by atoms with Gasteiger partial charge in [0, 0.05) is 30.9 Å². The van der Waals surface area contributed by atoms with Crippen molar-refractivity contribution in [2.24, 2.45) is 5.92 Å². The van der Waals surface area contributed by atoms with Crippen molar-refractivity contribution in [2.75, 3.05) is 38.6 Å². The lowest BCUT2D eigenvalue weighted by Gasteiger charge is -2.35. The summed E-state index contributed by atoms with van der Waals surface area (Å²) in [6, 6.07) is 1.48. The van der Waals surface area contributed by atoms with Gasteiger partial charge in [-0.15, -0.1) is 0 Å². The Morgan fingerprint density at radius 3 is 2.96 bits per heavy atom. The third-order valence-corrected chi connectivity index (χ3v) is 5.74. The van der Waals surface area contributed by atoms with Gasteiger partial charge in [0.25, 0.3) is 0 Å². The van der Waals surface area contributed by atoms with Gasteiger partial charge in [-0.2, -0.15) is 0 Å². The number of nitrogen functional groups attached to an aromatic ring is 1. The summed E-state index contributed by atoms with van der Waals surface area (Å²) in [5.74, 6) is -0.00399. The van der Waals surface area contributed by atoms with Gasteiger partial charge in [-0.3, -0.25) is 0 Å². The van der Waals surface area contributed by atoms with Crippen molar-refractivity contribution < 1.29 is 24.2 Å². The van der Waals surface area contributed by atoms with Gasteiger partial charge in [0.05, 0.1) is 30.0 Å². The number of Topliss-reactive ketones (excluding diaryl/α,β-unsaturated/α-hetero) is 1. The van der Waals surface area contributed by atoms with Gasteiger partial charge in [-0.05, 0) is 38.9 Å². The number of hydrogen-bond acceptors (Lipinski definition) is 7. The zero-order valence-electron chi connectivity index (χ0n) is 16.1. The summed E-state index contributed by atoms with van der Waals surface area (Å²) < 4.78 is 11.0. The number of likely N-dealkylation sites (tertiary alicyclic amines) is 1. The number of ether oxygens (including phenoxy) is 2. The highest BCUT2D eigenvalue weighted by atomic mass is 35.5. The van der Waals surface area contributed by atoms with Gasteiger partial charge in [0.1, 0.15) is 17.1 Å². The van der Waals surface area contributed by atoms with Crippen molar-refractivity contribution in [3.63, 3.8) is 0 Å². The van der Waals surface area contributed by atoms with Crippen LogP contribution in [0.15, 0.2) is 6.07 Å². The summed E-state index contributed by atoms with van der Waals surface area (Å²) in [6.45, 7) is 4.30. The quantitative estimate of drug-likeness (QED) is 0.524. The number of hydrogen-bond donors (Lipinski definition) is 2. The lowest BCUT2D eigenvalue weighted by atomic mass is 9.94. The number of anilines is 1. The van der Waals surface area contributed by atoms with Gasteiger partial charge in [-0.1, -0.05) is 11.6 Å². The zero-order valence-corrected chi connectivity index (χ0v) is 16.8. The molecule has 2 aliphatic heterocycles. The van der Waals surface area contributed by atoms with Crippen molar-refractivity contribution in [3.05, 3.63) is 22.2 Å². The van der Waals surface area contributed by atoms with Crippen LogP contribution in [-0.2, 0) is 16.0 Å². The van der Waals surface area contributed by atoms with Crippen molar-refractivity contribution in [1.82, 2.24) is 4.90 Å². The molecule has 2 heterocycles. The van der Waals surface area contributed by atoms with Crippen LogP contribution in [0.3, 0.4) is 0 Å². The third kappa shape index (κ3) is 4.77. The Morgan fingerprint density at radius 2 is 2.25 bits per heavy atom. The van der Waals surface area contributed by atoms with Gasteiger partial charge in [0.15, 0.2) is 0 Å². The van der Waals surface area contributed by atoms with E-state index in [4.69, 9.17) is 26.8 Å². The lowest BCUT2D eigenvalue weighted by molar-refractivity contribution is -0.117. The molecule has 0 unspecified atom stereocenters. The van der Waals surface area contributed by atoms with Crippen LogP contribution in [0.1, 0.15) is 42.1 Å². The van der Waals surface area contributed by atoms with E-state index in [-0.39, 0.29) is 23.9 Å². The van der Waals surface area contributed by atoms with Crippen LogP contribution in [0.5, 0.6) is 5.75 Å². The Hall–Kier alpha value is -1.83. The van der Waals surface area contributed by atoms with Crippen LogP contribution in [0.2, 0.25) is 5.02 Å². The number of benzene rings is 1. The number of rotatable bonds is 7. The van der Waals surface area contributed by atoms with E-state index in [9.17, 15) is 14.7 Å². The Bertz CT molecular complexity index is 755. The summed E-state index contributed by atoms with van der Waals surface area (Å²) in [5, 5.41) is 10.7. The van der Waals surface area contributed by atoms with Gasteiger partial charge in [-0.25, -0.2) is 4.79 Å². The smallest absolute Gasteiger partial charge is 0.341 e. The Labute approximate surface area is 169 Å². The average Bonchev–Trinajstić information content (AvgIpc) is 3.13. The monoisotopic (exact) mass is 410 g/mol. The van der Waals surface area contributed by atoms with Crippen LogP contribution in [-0.4, -0.2) is 60.7 Å². The number of piperidine rings is 1. The molecule has 154 valence electrons. The lowest BCUT2D eigenvalue weighted by Crippen LogP contribution is -2.45. The minimum Gasteiger partial charge on any atom is -0.492 e. The van der Waals surface area contributed by atoms with Crippen molar-refractivity contribution in [2.45, 2.75) is 38.7 Å². The predicted octanol–water partition coefficient (Wildman–Crippen LogP) is 2.07. The number of fused-ring (bicyclic) bond motifs is 1. The molecule has 28 heavy (non-hydrogen) atoms. The van der Waals surface area contributed by atoms with E-state index in [1.54, 1.807) is 6.92 Å². The molecular weight excluding hydrogens is 384 g/mol. The number of nitrogens with two attached hydrogens (primary N) is 1. The van der Waals surface area contributed by atoms with Crippen LogP contribution in [0, 0.1) is 5.92 Å². The number of halogens is 1. The number of aliphatic hydroxyl groups is 1. The van der Waals surface area contributed by atoms with E-state index >= 15 is 0 Å². The molecule has 1 fully saturated rings. The fourth-order valence-corrected chi connectivity index (χ4v) is 4.00. The fraction of sp³-hybridized carbons (Fsp3) is 0.600. The molecule has 0 bridgehead atoms. The van der Waals surface area contributed by atoms with Crippen molar-refractivity contribution in [3.8, 4) is 5.75 Å². The largest absolute Gasteiger partial charge is 0.492 e. The maximum atomic E-state index is 12.6. The molecular formula is C20H27ClN2O5. The van der Waals surface area contributed by atoms with Crippen molar-refractivity contribution >= 4 is 29.0 Å². The number of aliphatic hydroxyl groups excluding tert-OH is 1. The summed E-state index contributed by atoms with van der Waals surface area (Å²) in [6.07, 6.45) is 2.12. The second-order valence-electron chi connectivity index (χ2n) is 7.55. The number of nitrogens with zero attached hydrogens (tertiary/aromatic N) is 1. The van der Waals surface area contributed by atoms with Gasteiger partial charge in [0.2, 0.25) is 0 Å². The van der Waals surface area contributed by atoms with E-state index in [0.29, 0.717) is 42.5 Å². The van der Waals surface area contributed by atoms with Gasteiger partial charge < -0.3 is 30.0 Å². The molecule has 0 aliphatic carbocycles. The topological polar surface area (TPSA) is 102 Å². The van der Waals surface area contributed by atoms with Crippen LogP contribution in [0.4, 0.5) is 5.69 Å². The SMILES string of the molecule is CC(=O)CCCN1CC[C@@H](COC(=O)c2cc(Cl)c(N)c3c2OCC3)[C@H](O)C1. The molecule has 1 aromatic rings. The van der Waals surface area contributed by atoms with E-state index in [2.05, 4.69) is 4.90 Å². The molecule has 7 nitrogen and oxygen atoms in total. The fourth-order valence-electron chi connectivity index (χ4n) is 3.77. The number of carbonyl (C=O) groups is 2. The molecule has 3 rings (SSSR count). The molecule has 3 N–H and O–H groups in total. The molecule has 0 radical (unpaired) electrons. The first-order valence-corrected chi connectivity index (χ1v) is 10.0. The van der Waals surface area contributed by atoms with Crippen LogP contribution < -0.4 is 10.5 Å². The highest BCUT2D eigenvalue weighted by Crippen LogP contribution is 2.39. The maximum Gasteiger partial charge on any atom is 0.341 e. The Balaban J connectivity index is 1.53. The van der Waals surface area contributed by atoms with E-state index in [1.807, 2.05) is 0 Å². The highest BCUT2D eigenvalue weighted by Gasteiger charge is 2.30. The maximum absolute atomic E-state index is 12.6. The van der Waals surface area contributed by atoms with E-state index in [1.165, 1.54) is 6.07 Å². The molecule has 0 aromatic heterocycles. The van der Waals surface area contributed by atoms with E-state index < -0.39 is 12.1 Å². The highest BCUT2D eigenvalue weighted by molar-refractivity contribution is 6.33. The summed E-state index contributed by atoms with van der Waals surface area (Å²) in [5.41, 5.74) is 7.43. The Kier molecular flexibility index (Phi) is 6.80. The van der Waals surface area contributed by atoms with Crippen molar-refractivity contribution in [1.29, 1.82) is 0 Å². The Morgan fingerprint density at radius 1 is 1.46 bits per heavy atom. The molecule has 1 saturated heterocycles. The summed E-state index contributed by atoms with van der Waals surface area (Å²) in [7, 11) is 0. The second kappa shape index (κ2) is 9.11. The summed E-state index contributed by atoms with van der Waals surface area (Å²) >= 11 is 6.14. The van der Waals surface area contributed by atoms with E-state index in [0.717, 1.165) is 31.5 Å². The number of carbonyl (C=O) groups excluding carboxylic acids is 2. The predicted molar refractivity (Wildman–Crippen MR) is 106 cm³/mol. The molecule has 0 saturated carbocycles. The van der Waals surface area contributed by atoms with Crippen LogP contribution >= 0.6 is 11.6 Å². The minimum absolute atomic E-state index is 0.119. The third-order valence-electron chi connectivity index (χ3n) is 5.43. The molecule has 8 heteroatoms.